The van der Waals surface area contributed by atoms with Crippen LogP contribution in [0.1, 0.15) is 0 Å². The minimum absolute atomic E-state index is 0.489. The Labute approximate surface area is 103 Å². The van der Waals surface area contributed by atoms with E-state index in [0.717, 1.165) is 5.56 Å². The molecule has 4 heteroatoms. The summed E-state index contributed by atoms with van der Waals surface area (Å²) in [7, 11) is 0. The maximum Gasteiger partial charge on any atom is 0.228 e. The highest BCUT2D eigenvalue weighted by molar-refractivity contribution is 6.33. The van der Waals surface area contributed by atoms with Gasteiger partial charge in [-0.1, -0.05) is 29.8 Å². The summed E-state index contributed by atoms with van der Waals surface area (Å²) >= 11 is 6.09. The summed E-state index contributed by atoms with van der Waals surface area (Å²) in [5.41, 5.74) is 8.54. The van der Waals surface area contributed by atoms with Crippen LogP contribution in [0.25, 0.3) is 22.6 Å². The molecule has 1 aromatic heterocycles. The van der Waals surface area contributed by atoms with Gasteiger partial charge in [0.15, 0.2) is 5.58 Å². The van der Waals surface area contributed by atoms with Crippen LogP contribution in [0.4, 0.5) is 5.69 Å². The van der Waals surface area contributed by atoms with Gasteiger partial charge in [0.05, 0.1) is 16.3 Å². The summed E-state index contributed by atoms with van der Waals surface area (Å²) in [5.74, 6) is 0.489. The predicted molar refractivity (Wildman–Crippen MR) is 68.9 cm³/mol. The number of hydrogen-bond donors (Lipinski definition) is 1. The number of halogens is 1. The minimum Gasteiger partial charge on any atom is -0.436 e. The topological polar surface area (TPSA) is 52.0 Å². The van der Waals surface area contributed by atoms with Crippen LogP contribution < -0.4 is 5.73 Å². The second kappa shape index (κ2) is 3.79. The molecule has 0 spiro atoms. The number of benzene rings is 2. The third kappa shape index (κ3) is 1.65. The van der Waals surface area contributed by atoms with Crippen LogP contribution in [0.5, 0.6) is 0 Å². The number of anilines is 1. The lowest BCUT2D eigenvalue weighted by Crippen LogP contribution is -1.85. The van der Waals surface area contributed by atoms with Crippen molar-refractivity contribution in [2.45, 2.75) is 0 Å². The molecule has 0 fully saturated rings. The first-order valence-corrected chi connectivity index (χ1v) is 5.53. The smallest absolute Gasteiger partial charge is 0.228 e. The maximum atomic E-state index is 6.09. The maximum absolute atomic E-state index is 6.09. The van der Waals surface area contributed by atoms with E-state index in [-0.39, 0.29) is 0 Å². The van der Waals surface area contributed by atoms with Crippen LogP contribution in [-0.4, -0.2) is 4.98 Å². The number of hydrogen-bond acceptors (Lipinski definition) is 3. The molecule has 3 nitrogen and oxygen atoms in total. The molecule has 0 aliphatic carbocycles. The lowest BCUT2D eigenvalue weighted by atomic mass is 10.2. The minimum atomic E-state index is 0.489. The van der Waals surface area contributed by atoms with Gasteiger partial charge in [0.1, 0.15) is 5.52 Å². The van der Waals surface area contributed by atoms with Crippen molar-refractivity contribution >= 4 is 28.4 Å². The molecular weight excluding hydrogens is 236 g/mol. The molecule has 0 saturated heterocycles. The number of nitrogen functional groups attached to an aromatic ring is 1. The SMILES string of the molecule is Nc1cccc2oc(-c3ccccc3Cl)nc12. The third-order valence-electron chi connectivity index (χ3n) is 2.55. The second-order valence-corrected chi connectivity index (χ2v) is 4.10. The third-order valence-corrected chi connectivity index (χ3v) is 2.88. The molecule has 1 heterocycles. The first kappa shape index (κ1) is 10.2. The number of nitrogens with zero attached hydrogens (tertiary/aromatic N) is 1. The van der Waals surface area contributed by atoms with E-state index < -0.39 is 0 Å². The van der Waals surface area contributed by atoms with E-state index in [1.54, 1.807) is 12.1 Å². The highest BCUT2D eigenvalue weighted by atomic mass is 35.5. The first-order chi connectivity index (χ1) is 8.25. The van der Waals surface area contributed by atoms with Crippen LogP contribution in [0.15, 0.2) is 46.9 Å². The molecular formula is C13H9ClN2O. The van der Waals surface area contributed by atoms with Gasteiger partial charge in [-0.3, -0.25) is 0 Å². The van der Waals surface area contributed by atoms with Crippen molar-refractivity contribution < 1.29 is 4.42 Å². The number of aromatic nitrogens is 1. The Morgan fingerprint density at radius 3 is 2.65 bits per heavy atom. The average Bonchev–Trinajstić information content (AvgIpc) is 2.75. The molecule has 84 valence electrons. The number of fused-ring (bicyclic) bond motifs is 1. The largest absolute Gasteiger partial charge is 0.436 e. The fraction of sp³-hybridized carbons (Fsp3) is 0. The zero-order valence-corrected chi connectivity index (χ0v) is 9.61. The molecule has 3 rings (SSSR count). The first-order valence-electron chi connectivity index (χ1n) is 5.15. The van der Waals surface area contributed by atoms with Crippen molar-refractivity contribution in [3.8, 4) is 11.5 Å². The van der Waals surface area contributed by atoms with Gasteiger partial charge in [0, 0.05) is 0 Å². The van der Waals surface area contributed by atoms with Crippen LogP contribution in [0.3, 0.4) is 0 Å². The van der Waals surface area contributed by atoms with Crippen molar-refractivity contribution in [1.29, 1.82) is 0 Å². The van der Waals surface area contributed by atoms with E-state index >= 15 is 0 Å². The van der Waals surface area contributed by atoms with Crippen molar-refractivity contribution in [1.82, 2.24) is 4.98 Å². The molecule has 17 heavy (non-hydrogen) atoms. The summed E-state index contributed by atoms with van der Waals surface area (Å²) < 4.78 is 5.64. The van der Waals surface area contributed by atoms with Crippen molar-refractivity contribution in [3.05, 3.63) is 47.5 Å². The molecule has 0 aliphatic heterocycles. The summed E-state index contributed by atoms with van der Waals surface area (Å²) in [5, 5.41) is 0.609. The molecule has 0 atom stereocenters. The van der Waals surface area contributed by atoms with Gasteiger partial charge < -0.3 is 10.2 Å². The van der Waals surface area contributed by atoms with Gasteiger partial charge in [-0.15, -0.1) is 0 Å². The number of para-hydroxylation sites is 1. The Bertz CT molecular complexity index is 691. The number of nitrogens with two attached hydrogens (primary N) is 1. The zero-order chi connectivity index (χ0) is 11.8. The van der Waals surface area contributed by atoms with Crippen LogP contribution >= 0.6 is 11.6 Å². The monoisotopic (exact) mass is 244 g/mol. The zero-order valence-electron chi connectivity index (χ0n) is 8.85. The van der Waals surface area contributed by atoms with E-state index in [9.17, 15) is 0 Å². The van der Waals surface area contributed by atoms with E-state index in [0.29, 0.717) is 27.7 Å². The Hall–Kier alpha value is -2.00. The summed E-state index contributed by atoms with van der Waals surface area (Å²) in [6.45, 7) is 0. The summed E-state index contributed by atoms with van der Waals surface area (Å²) in [6, 6.07) is 12.9. The van der Waals surface area contributed by atoms with Crippen LogP contribution in [0, 0.1) is 0 Å². The van der Waals surface area contributed by atoms with Crippen molar-refractivity contribution in [3.63, 3.8) is 0 Å². The normalized spacial score (nSPS) is 10.9. The van der Waals surface area contributed by atoms with E-state index in [4.69, 9.17) is 21.8 Å². The molecule has 0 amide bonds. The molecule has 0 aliphatic rings. The van der Waals surface area contributed by atoms with Crippen molar-refractivity contribution in [2.24, 2.45) is 0 Å². The number of rotatable bonds is 1. The Morgan fingerprint density at radius 1 is 1.06 bits per heavy atom. The number of oxazole rings is 1. The molecule has 2 N–H and O–H groups in total. The van der Waals surface area contributed by atoms with Gasteiger partial charge >= 0.3 is 0 Å². The van der Waals surface area contributed by atoms with Gasteiger partial charge in [0.2, 0.25) is 5.89 Å². The van der Waals surface area contributed by atoms with Gasteiger partial charge in [-0.2, -0.15) is 0 Å². The Morgan fingerprint density at radius 2 is 1.88 bits per heavy atom. The van der Waals surface area contributed by atoms with Gasteiger partial charge in [-0.05, 0) is 24.3 Å². The summed E-state index contributed by atoms with van der Waals surface area (Å²) in [4.78, 5) is 4.37. The van der Waals surface area contributed by atoms with E-state index in [1.807, 2.05) is 30.3 Å². The summed E-state index contributed by atoms with van der Waals surface area (Å²) in [6.07, 6.45) is 0. The predicted octanol–water partition coefficient (Wildman–Crippen LogP) is 3.73. The molecule has 2 aromatic carbocycles. The van der Waals surface area contributed by atoms with Gasteiger partial charge in [-0.25, -0.2) is 4.98 Å². The standard InChI is InChI=1S/C13H9ClN2O/c14-9-5-2-1-4-8(9)13-16-12-10(15)6-3-7-11(12)17-13/h1-7H,15H2. The highest BCUT2D eigenvalue weighted by Gasteiger charge is 2.12. The second-order valence-electron chi connectivity index (χ2n) is 3.69. The Balaban J connectivity index is 2.26. The van der Waals surface area contributed by atoms with Gasteiger partial charge in [0.25, 0.3) is 0 Å². The van der Waals surface area contributed by atoms with Crippen LogP contribution in [-0.2, 0) is 0 Å². The average molecular weight is 245 g/mol. The molecule has 0 radical (unpaired) electrons. The van der Waals surface area contributed by atoms with E-state index in [1.165, 1.54) is 0 Å². The van der Waals surface area contributed by atoms with Crippen LogP contribution in [0.2, 0.25) is 5.02 Å². The fourth-order valence-electron chi connectivity index (χ4n) is 1.72. The molecule has 0 bridgehead atoms. The lowest BCUT2D eigenvalue weighted by molar-refractivity contribution is 0.620. The Kier molecular flexibility index (Phi) is 2.27. The quantitative estimate of drug-likeness (QED) is 0.664. The molecule has 0 unspecified atom stereocenters. The fourth-order valence-corrected chi connectivity index (χ4v) is 1.94. The molecule has 3 aromatic rings. The lowest BCUT2D eigenvalue weighted by Gasteiger charge is -1.96. The van der Waals surface area contributed by atoms with E-state index in [2.05, 4.69) is 4.98 Å². The highest BCUT2D eigenvalue weighted by Crippen LogP contribution is 2.31. The van der Waals surface area contributed by atoms with Crippen molar-refractivity contribution in [2.75, 3.05) is 5.73 Å². The molecule has 0 saturated carbocycles.